The van der Waals surface area contributed by atoms with Crippen LogP contribution in [0.4, 0.5) is 18.9 Å². The Morgan fingerprint density at radius 3 is 2.47 bits per heavy atom. The van der Waals surface area contributed by atoms with Crippen LogP contribution in [-0.4, -0.2) is 29.9 Å². The van der Waals surface area contributed by atoms with Gasteiger partial charge in [-0.25, -0.2) is 0 Å². The fourth-order valence-corrected chi connectivity index (χ4v) is 1.26. The molecular weight excluding hydrogens is 287 g/mol. The largest absolute Gasteiger partial charge is 0.497 e. The predicted octanol–water partition coefficient (Wildman–Crippen LogP) is 2.60. The molecule has 0 spiro atoms. The van der Waals surface area contributed by atoms with Crippen molar-refractivity contribution >= 4 is 23.2 Å². The molecule has 4 nitrogen and oxygen atoms in total. The number of methoxy groups -OCH3 is 1. The zero-order chi connectivity index (χ0) is 14.8. The van der Waals surface area contributed by atoms with Crippen molar-refractivity contribution in [2.24, 2.45) is 0 Å². The van der Waals surface area contributed by atoms with E-state index in [0.29, 0.717) is 12.7 Å². The summed E-state index contributed by atoms with van der Waals surface area (Å²) >= 11 is 5.73. The summed E-state index contributed by atoms with van der Waals surface area (Å²) in [4.78, 5) is 11.5. The first kappa shape index (κ1) is 15.6. The number of rotatable bonds is 3. The summed E-state index contributed by atoms with van der Waals surface area (Å²) in [5.74, 6) is -1.33. The lowest BCUT2D eigenvalue weighted by molar-refractivity contribution is -0.242. The molecule has 1 aromatic rings. The van der Waals surface area contributed by atoms with Gasteiger partial charge < -0.3 is 15.2 Å². The number of ether oxygens (including phenoxy) is 1. The van der Waals surface area contributed by atoms with Gasteiger partial charge in [0.15, 0.2) is 0 Å². The predicted molar refractivity (Wildman–Crippen MR) is 63.3 cm³/mol. The minimum absolute atomic E-state index is 0.0205. The molecular formula is C11H11ClF3NO3. The SMILES string of the molecule is COc1ccc(Cl)c(NC(=O)[C@@](C)(O)C(F)(F)F)c1. The van der Waals surface area contributed by atoms with Gasteiger partial charge in [-0.3, -0.25) is 4.79 Å². The first-order valence-electron chi connectivity index (χ1n) is 5.03. The van der Waals surface area contributed by atoms with Gasteiger partial charge in [0.05, 0.1) is 17.8 Å². The fourth-order valence-electron chi connectivity index (χ4n) is 1.10. The molecule has 1 atom stereocenters. The van der Waals surface area contributed by atoms with Gasteiger partial charge in [-0.15, -0.1) is 0 Å². The molecule has 0 unspecified atom stereocenters. The Labute approximate surface area is 112 Å². The van der Waals surface area contributed by atoms with E-state index in [1.54, 1.807) is 0 Å². The lowest BCUT2D eigenvalue weighted by Gasteiger charge is -2.25. The number of carbonyl (C=O) groups is 1. The van der Waals surface area contributed by atoms with Crippen molar-refractivity contribution in [1.29, 1.82) is 0 Å². The van der Waals surface area contributed by atoms with E-state index in [1.807, 2.05) is 5.32 Å². The Morgan fingerprint density at radius 2 is 2.00 bits per heavy atom. The number of aliphatic hydroxyl groups is 1. The van der Waals surface area contributed by atoms with E-state index >= 15 is 0 Å². The number of carbonyl (C=O) groups excluding carboxylic acids is 1. The zero-order valence-electron chi connectivity index (χ0n) is 10.0. The highest BCUT2D eigenvalue weighted by Crippen LogP contribution is 2.33. The minimum Gasteiger partial charge on any atom is -0.497 e. The van der Waals surface area contributed by atoms with Crippen LogP contribution in [0, 0.1) is 0 Å². The third-order valence-corrected chi connectivity index (χ3v) is 2.75. The second-order valence-electron chi connectivity index (χ2n) is 3.87. The number of benzene rings is 1. The van der Waals surface area contributed by atoms with Gasteiger partial charge in [0.2, 0.25) is 5.60 Å². The van der Waals surface area contributed by atoms with Crippen LogP contribution in [-0.2, 0) is 4.79 Å². The lowest BCUT2D eigenvalue weighted by Crippen LogP contribution is -2.52. The third-order valence-electron chi connectivity index (χ3n) is 2.42. The smallest absolute Gasteiger partial charge is 0.426 e. The van der Waals surface area contributed by atoms with Crippen LogP contribution < -0.4 is 10.1 Å². The normalized spacial score (nSPS) is 14.7. The molecule has 1 rings (SSSR count). The van der Waals surface area contributed by atoms with Crippen molar-refractivity contribution in [3.05, 3.63) is 23.2 Å². The molecule has 0 fully saturated rings. The van der Waals surface area contributed by atoms with Crippen LogP contribution in [0.15, 0.2) is 18.2 Å². The van der Waals surface area contributed by atoms with Crippen molar-refractivity contribution in [2.75, 3.05) is 12.4 Å². The van der Waals surface area contributed by atoms with E-state index < -0.39 is 17.7 Å². The lowest BCUT2D eigenvalue weighted by atomic mass is 10.1. The summed E-state index contributed by atoms with van der Waals surface area (Å²) in [5, 5.41) is 11.1. The first-order valence-corrected chi connectivity index (χ1v) is 5.41. The number of nitrogens with one attached hydrogen (secondary N) is 1. The number of hydrogen-bond donors (Lipinski definition) is 2. The van der Waals surface area contributed by atoms with E-state index in [0.717, 1.165) is 0 Å². The minimum atomic E-state index is -5.09. The molecule has 0 saturated heterocycles. The van der Waals surface area contributed by atoms with E-state index in [1.165, 1.54) is 25.3 Å². The summed E-state index contributed by atoms with van der Waals surface area (Å²) in [7, 11) is 1.35. The van der Waals surface area contributed by atoms with Crippen LogP contribution in [0.25, 0.3) is 0 Å². The number of hydrogen-bond acceptors (Lipinski definition) is 3. The second-order valence-corrected chi connectivity index (χ2v) is 4.28. The summed E-state index contributed by atoms with van der Waals surface area (Å²) in [6.45, 7) is 0.358. The monoisotopic (exact) mass is 297 g/mol. The fraction of sp³-hybridized carbons (Fsp3) is 0.364. The second kappa shape index (κ2) is 5.26. The molecule has 0 radical (unpaired) electrons. The highest BCUT2D eigenvalue weighted by molar-refractivity contribution is 6.33. The van der Waals surface area contributed by atoms with Crippen molar-refractivity contribution < 1.29 is 27.8 Å². The Balaban J connectivity index is 3.00. The highest BCUT2D eigenvalue weighted by Gasteiger charge is 2.55. The quantitative estimate of drug-likeness (QED) is 0.901. The summed E-state index contributed by atoms with van der Waals surface area (Å²) in [5.41, 5.74) is -3.60. The maximum absolute atomic E-state index is 12.5. The standard InChI is InChI=1S/C11H11ClF3NO3/c1-10(18,11(13,14)15)9(17)16-8-5-6(19-2)3-4-7(8)12/h3-5,18H,1-2H3,(H,16,17)/t10-/m1/s1. The topological polar surface area (TPSA) is 58.6 Å². The average Bonchev–Trinajstić information content (AvgIpc) is 2.30. The molecule has 0 aliphatic rings. The van der Waals surface area contributed by atoms with Gasteiger partial charge in [0, 0.05) is 6.07 Å². The molecule has 8 heteroatoms. The maximum atomic E-state index is 12.5. The van der Waals surface area contributed by atoms with Crippen LogP contribution in [0.1, 0.15) is 6.92 Å². The van der Waals surface area contributed by atoms with E-state index in [9.17, 15) is 23.1 Å². The van der Waals surface area contributed by atoms with Gasteiger partial charge in [-0.1, -0.05) is 11.6 Å². The molecule has 0 bridgehead atoms. The summed E-state index contributed by atoms with van der Waals surface area (Å²) in [6, 6.07) is 4.06. The number of alkyl halides is 3. The van der Waals surface area contributed by atoms with Gasteiger partial charge in [0.1, 0.15) is 5.75 Å². The van der Waals surface area contributed by atoms with Crippen molar-refractivity contribution in [3.8, 4) is 5.75 Å². The van der Waals surface area contributed by atoms with E-state index in [4.69, 9.17) is 16.3 Å². The van der Waals surface area contributed by atoms with Crippen LogP contribution in [0.3, 0.4) is 0 Å². The summed E-state index contributed by atoms with van der Waals surface area (Å²) in [6.07, 6.45) is -5.09. The highest BCUT2D eigenvalue weighted by atomic mass is 35.5. The van der Waals surface area contributed by atoms with Gasteiger partial charge in [-0.2, -0.15) is 13.2 Å². The molecule has 0 heterocycles. The Bertz CT molecular complexity index is 489. The van der Waals surface area contributed by atoms with E-state index in [2.05, 4.69) is 0 Å². The number of amides is 1. The molecule has 0 aliphatic carbocycles. The molecule has 1 amide bonds. The number of halogens is 4. The van der Waals surface area contributed by atoms with Crippen molar-refractivity contribution in [1.82, 2.24) is 0 Å². The third kappa shape index (κ3) is 3.30. The van der Waals surface area contributed by atoms with E-state index in [-0.39, 0.29) is 10.7 Å². The molecule has 0 saturated carbocycles. The van der Waals surface area contributed by atoms with Crippen LogP contribution in [0.2, 0.25) is 5.02 Å². The Hall–Kier alpha value is -1.47. The molecule has 19 heavy (non-hydrogen) atoms. The van der Waals surface area contributed by atoms with Crippen LogP contribution >= 0.6 is 11.6 Å². The van der Waals surface area contributed by atoms with Crippen molar-refractivity contribution in [2.45, 2.75) is 18.7 Å². The maximum Gasteiger partial charge on any atom is 0.426 e. The molecule has 2 N–H and O–H groups in total. The van der Waals surface area contributed by atoms with Gasteiger partial charge >= 0.3 is 6.18 Å². The first-order chi connectivity index (χ1) is 8.59. The molecule has 1 aromatic carbocycles. The Morgan fingerprint density at radius 1 is 1.42 bits per heavy atom. The average molecular weight is 298 g/mol. The zero-order valence-corrected chi connectivity index (χ0v) is 10.8. The van der Waals surface area contributed by atoms with Gasteiger partial charge in [0.25, 0.3) is 5.91 Å². The number of anilines is 1. The molecule has 106 valence electrons. The Kier molecular flexibility index (Phi) is 4.32. The van der Waals surface area contributed by atoms with Gasteiger partial charge in [-0.05, 0) is 19.1 Å². The summed E-state index contributed by atoms with van der Waals surface area (Å²) < 4.78 is 42.2. The van der Waals surface area contributed by atoms with Crippen molar-refractivity contribution in [3.63, 3.8) is 0 Å². The van der Waals surface area contributed by atoms with Crippen LogP contribution in [0.5, 0.6) is 5.75 Å². The molecule has 0 aromatic heterocycles. The molecule has 0 aliphatic heterocycles.